The molecule has 112 valence electrons. The maximum absolute atomic E-state index is 11.6. The van der Waals surface area contributed by atoms with Gasteiger partial charge in [0.25, 0.3) is 0 Å². The second kappa shape index (κ2) is 5.73. The van der Waals surface area contributed by atoms with Crippen molar-refractivity contribution < 1.29 is 9.53 Å². The molecule has 0 aliphatic rings. The van der Waals surface area contributed by atoms with Crippen LogP contribution in [0.3, 0.4) is 0 Å². The first-order valence-electron chi connectivity index (χ1n) is 6.77. The van der Waals surface area contributed by atoms with Gasteiger partial charge in [-0.1, -0.05) is 6.07 Å². The van der Waals surface area contributed by atoms with Crippen LogP contribution in [0, 0.1) is 13.8 Å². The Labute approximate surface area is 132 Å². The highest BCUT2D eigenvalue weighted by Gasteiger charge is 2.11. The quantitative estimate of drug-likeness (QED) is 0.744. The summed E-state index contributed by atoms with van der Waals surface area (Å²) in [6.45, 7) is 3.91. The van der Waals surface area contributed by atoms with Gasteiger partial charge in [-0.05, 0) is 38.1 Å². The van der Waals surface area contributed by atoms with Crippen LogP contribution in [-0.2, 0) is 4.74 Å². The molecule has 0 saturated heterocycles. The number of carbonyl (C=O) groups is 1. The molecule has 2 heterocycles. The minimum absolute atomic E-state index is 0.362. The van der Waals surface area contributed by atoms with E-state index in [1.165, 1.54) is 12.0 Å². The Morgan fingerprint density at radius 2 is 2.05 bits per heavy atom. The summed E-state index contributed by atoms with van der Waals surface area (Å²) in [4.78, 5) is 22.7. The van der Waals surface area contributed by atoms with Gasteiger partial charge in [0, 0.05) is 10.6 Å². The molecule has 5 nitrogen and oxygen atoms in total. The fourth-order valence-corrected chi connectivity index (χ4v) is 3.15. The molecule has 22 heavy (non-hydrogen) atoms. The molecule has 0 fully saturated rings. The van der Waals surface area contributed by atoms with E-state index in [0.717, 1.165) is 21.7 Å². The first kappa shape index (κ1) is 14.5. The van der Waals surface area contributed by atoms with Crippen LogP contribution < -0.4 is 5.32 Å². The molecule has 0 bridgehead atoms. The molecule has 0 saturated carbocycles. The zero-order chi connectivity index (χ0) is 15.7. The average molecular weight is 313 g/mol. The Kier molecular flexibility index (Phi) is 3.77. The number of hydrogen-bond acceptors (Lipinski definition) is 6. The number of benzene rings is 1. The van der Waals surface area contributed by atoms with Crippen molar-refractivity contribution in [2.75, 3.05) is 12.4 Å². The number of anilines is 2. The molecule has 3 aromatic rings. The van der Waals surface area contributed by atoms with Crippen molar-refractivity contribution in [2.24, 2.45) is 0 Å². The van der Waals surface area contributed by atoms with E-state index in [1.807, 2.05) is 19.9 Å². The molecule has 0 amide bonds. The predicted octanol–water partition coefficient (Wildman–Crippen LogP) is 3.84. The van der Waals surface area contributed by atoms with Crippen LogP contribution in [0.5, 0.6) is 0 Å². The molecule has 0 aliphatic carbocycles. The average Bonchev–Trinajstić information content (AvgIpc) is 2.87. The summed E-state index contributed by atoms with van der Waals surface area (Å²) in [6, 6.07) is 9.21. The van der Waals surface area contributed by atoms with Crippen molar-refractivity contribution in [3.8, 4) is 0 Å². The summed E-state index contributed by atoms with van der Waals surface area (Å²) in [5, 5.41) is 4.25. The van der Waals surface area contributed by atoms with Gasteiger partial charge in [-0.2, -0.15) is 0 Å². The standard InChI is InChI=1S/C16H15N3O2S/c1-9-7-13-14(17-10(2)18-15(13)22-9)19-12-6-4-5-11(8-12)16(20)21-3/h4-8H,1-3H3,(H,17,18,19). The van der Waals surface area contributed by atoms with E-state index in [1.54, 1.807) is 29.5 Å². The molecule has 2 aromatic heterocycles. The smallest absolute Gasteiger partial charge is 0.337 e. The number of nitrogens with zero attached hydrogens (tertiary/aromatic N) is 2. The number of rotatable bonds is 3. The van der Waals surface area contributed by atoms with E-state index in [4.69, 9.17) is 4.74 Å². The van der Waals surface area contributed by atoms with E-state index >= 15 is 0 Å². The summed E-state index contributed by atoms with van der Waals surface area (Å²) < 4.78 is 4.74. The molecule has 6 heteroatoms. The summed E-state index contributed by atoms with van der Waals surface area (Å²) in [7, 11) is 1.37. The molecule has 3 rings (SSSR count). The number of hydrogen-bond donors (Lipinski definition) is 1. The highest BCUT2D eigenvalue weighted by atomic mass is 32.1. The number of aryl methyl sites for hydroxylation is 2. The third kappa shape index (κ3) is 2.78. The van der Waals surface area contributed by atoms with Crippen molar-refractivity contribution in [1.29, 1.82) is 0 Å². The van der Waals surface area contributed by atoms with Gasteiger partial charge in [0.2, 0.25) is 0 Å². The second-order valence-corrected chi connectivity index (χ2v) is 6.13. The Bertz CT molecular complexity index is 858. The van der Waals surface area contributed by atoms with Gasteiger partial charge in [-0.3, -0.25) is 0 Å². The Morgan fingerprint density at radius 3 is 2.82 bits per heavy atom. The molecule has 1 aromatic carbocycles. The van der Waals surface area contributed by atoms with Crippen LogP contribution in [0.2, 0.25) is 0 Å². The largest absolute Gasteiger partial charge is 0.465 e. The molecule has 0 unspecified atom stereocenters. The number of thiophene rings is 1. The molecular weight excluding hydrogens is 298 g/mol. The SMILES string of the molecule is COC(=O)c1cccc(Nc2nc(C)nc3sc(C)cc23)c1. The molecule has 0 aliphatic heterocycles. The first-order chi connectivity index (χ1) is 10.6. The number of esters is 1. The predicted molar refractivity (Wildman–Crippen MR) is 88.0 cm³/mol. The molecule has 0 atom stereocenters. The van der Waals surface area contributed by atoms with Crippen molar-refractivity contribution >= 4 is 39.0 Å². The maximum atomic E-state index is 11.6. The summed E-state index contributed by atoms with van der Waals surface area (Å²) in [5.74, 6) is 1.09. The number of methoxy groups -OCH3 is 1. The van der Waals surface area contributed by atoms with Gasteiger partial charge in [0.05, 0.1) is 18.1 Å². The Hall–Kier alpha value is -2.47. The van der Waals surface area contributed by atoms with Gasteiger partial charge in [-0.15, -0.1) is 11.3 Å². The monoisotopic (exact) mass is 313 g/mol. The molecule has 0 spiro atoms. The lowest BCUT2D eigenvalue weighted by Gasteiger charge is -2.08. The summed E-state index contributed by atoms with van der Waals surface area (Å²) >= 11 is 1.64. The third-order valence-corrected chi connectivity index (χ3v) is 4.12. The van der Waals surface area contributed by atoms with Crippen LogP contribution >= 0.6 is 11.3 Å². The van der Waals surface area contributed by atoms with Crippen molar-refractivity contribution in [1.82, 2.24) is 9.97 Å². The van der Waals surface area contributed by atoms with Gasteiger partial charge in [0.1, 0.15) is 16.5 Å². The third-order valence-electron chi connectivity index (χ3n) is 3.17. The van der Waals surface area contributed by atoms with Gasteiger partial charge in [-0.25, -0.2) is 14.8 Å². The fraction of sp³-hybridized carbons (Fsp3) is 0.188. The molecular formula is C16H15N3O2S. The lowest BCUT2D eigenvalue weighted by atomic mass is 10.2. The Morgan fingerprint density at radius 1 is 1.23 bits per heavy atom. The highest BCUT2D eigenvalue weighted by Crippen LogP contribution is 2.30. The zero-order valence-electron chi connectivity index (χ0n) is 12.5. The highest BCUT2D eigenvalue weighted by molar-refractivity contribution is 7.18. The number of nitrogens with one attached hydrogen (secondary N) is 1. The first-order valence-corrected chi connectivity index (χ1v) is 7.58. The van der Waals surface area contributed by atoms with E-state index < -0.39 is 0 Å². The lowest BCUT2D eigenvalue weighted by molar-refractivity contribution is 0.0601. The molecule has 1 N–H and O–H groups in total. The van der Waals surface area contributed by atoms with Gasteiger partial charge in [0.15, 0.2) is 0 Å². The van der Waals surface area contributed by atoms with E-state index in [2.05, 4.69) is 21.4 Å². The maximum Gasteiger partial charge on any atom is 0.337 e. The number of aromatic nitrogens is 2. The second-order valence-electron chi connectivity index (χ2n) is 4.89. The van der Waals surface area contributed by atoms with E-state index in [0.29, 0.717) is 11.4 Å². The molecule has 0 radical (unpaired) electrons. The fourth-order valence-electron chi connectivity index (χ4n) is 2.22. The summed E-state index contributed by atoms with van der Waals surface area (Å²) in [6.07, 6.45) is 0. The van der Waals surface area contributed by atoms with E-state index in [-0.39, 0.29) is 5.97 Å². The topological polar surface area (TPSA) is 64.1 Å². The van der Waals surface area contributed by atoms with Crippen LogP contribution in [-0.4, -0.2) is 23.0 Å². The van der Waals surface area contributed by atoms with Crippen molar-refractivity contribution in [2.45, 2.75) is 13.8 Å². The van der Waals surface area contributed by atoms with Crippen LogP contribution in [0.1, 0.15) is 21.1 Å². The minimum atomic E-state index is -0.362. The van der Waals surface area contributed by atoms with E-state index in [9.17, 15) is 4.79 Å². The number of fused-ring (bicyclic) bond motifs is 1. The lowest BCUT2D eigenvalue weighted by Crippen LogP contribution is -2.02. The Balaban J connectivity index is 2.01. The van der Waals surface area contributed by atoms with Crippen LogP contribution in [0.25, 0.3) is 10.2 Å². The number of carbonyl (C=O) groups excluding carboxylic acids is 1. The van der Waals surface area contributed by atoms with Crippen molar-refractivity contribution in [3.05, 3.63) is 46.6 Å². The normalized spacial score (nSPS) is 10.7. The van der Waals surface area contributed by atoms with Crippen LogP contribution in [0.4, 0.5) is 11.5 Å². The minimum Gasteiger partial charge on any atom is -0.465 e. The van der Waals surface area contributed by atoms with Crippen LogP contribution in [0.15, 0.2) is 30.3 Å². The van der Waals surface area contributed by atoms with Gasteiger partial charge < -0.3 is 10.1 Å². The van der Waals surface area contributed by atoms with Gasteiger partial charge >= 0.3 is 5.97 Å². The van der Waals surface area contributed by atoms with Crippen molar-refractivity contribution in [3.63, 3.8) is 0 Å². The summed E-state index contributed by atoms with van der Waals surface area (Å²) in [5.41, 5.74) is 1.28. The zero-order valence-corrected chi connectivity index (χ0v) is 13.3. The number of ether oxygens (including phenoxy) is 1.